The van der Waals surface area contributed by atoms with Crippen LogP contribution in [-0.2, 0) is 11.2 Å². The molecule has 0 fully saturated rings. The van der Waals surface area contributed by atoms with E-state index in [1.165, 1.54) is 5.56 Å². The van der Waals surface area contributed by atoms with Crippen LogP contribution in [-0.4, -0.2) is 41.4 Å². The number of hydrogen-bond acceptors (Lipinski definition) is 6. The van der Waals surface area contributed by atoms with Crippen LogP contribution in [0.25, 0.3) is 0 Å². The molecule has 7 heteroatoms. The quantitative estimate of drug-likeness (QED) is 0.791. The van der Waals surface area contributed by atoms with Gasteiger partial charge in [0.1, 0.15) is 11.7 Å². The zero-order chi connectivity index (χ0) is 14.1. The molecular weight excluding hydrogens is 294 g/mol. The van der Waals surface area contributed by atoms with Crippen LogP contribution in [0.5, 0.6) is 0 Å². The van der Waals surface area contributed by atoms with Crippen LogP contribution in [0, 0.1) is 0 Å². The van der Waals surface area contributed by atoms with E-state index in [-0.39, 0.29) is 0 Å². The summed E-state index contributed by atoms with van der Waals surface area (Å²) in [7, 11) is 0. The Bertz CT molecular complexity index is 589. The van der Waals surface area contributed by atoms with Gasteiger partial charge < -0.3 is 16.2 Å². The summed E-state index contributed by atoms with van der Waals surface area (Å²) in [4.78, 5) is 17.9. The third-order valence-electron chi connectivity index (χ3n) is 3.25. The molecule has 5 nitrogen and oxygen atoms in total. The van der Waals surface area contributed by atoms with Gasteiger partial charge in [0.05, 0.1) is 5.69 Å². The predicted molar refractivity (Wildman–Crippen MR) is 83.8 cm³/mol. The van der Waals surface area contributed by atoms with Gasteiger partial charge in [0.2, 0.25) is 0 Å². The van der Waals surface area contributed by atoms with E-state index in [1.54, 1.807) is 23.5 Å². The van der Waals surface area contributed by atoms with Crippen LogP contribution in [0.1, 0.15) is 5.56 Å². The van der Waals surface area contributed by atoms with Crippen molar-refractivity contribution >= 4 is 47.1 Å². The zero-order valence-electron chi connectivity index (χ0n) is 10.8. The molecular formula is C13H15N3O2S2. The number of nitrogens with two attached hydrogens (primary N) is 1. The van der Waals surface area contributed by atoms with Crippen LogP contribution in [0.2, 0.25) is 0 Å². The van der Waals surface area contributed by atoms with E-state index in [2.05, 4.69) is 16.4 Å². The fourth-order valence-electron chi connectivity index (χ4n) is 2.33. The molecule has 2 aliphatic rings. The summed E-state index contributed by atoms with van der Waals surface area (Å²) in [5.74, 6) is 0.550. The normalized spacial score (nSPS) is 19.9. The van der Waals surface area contributed by atoms with E-state index in [9.17, 15) is 9.90 Å². The second kappa shape index (κ2) is 5.67. The molecule has 1 aromatic rings. The van der Waals surface area contributed by atoms with Gasteiger partial charge in [-0.3, -0.25) is 4.99 Å². The SMILES string of the molecule is NCCc1cc2c(c3c1SCC=N3)NC(C(=O)O)CS2. The maximum Gasteiger partial charge on any atom is 0.327 e. The Hall–Kier alpha value is -1.18. The summed E-state index contributed by atoms with van der Waals surface area (Å²) >= 11 is 3.31. The Morgan fingerprint density at radius 3 is 3.15 bits per heavy atom. The summed E-state index contributed by atoms with van der Waals surface area (Å²) in [6.07, 6.45) is 2.69. The van der Waals surface area contributed by atoms with Gasteiger partial charge in [-0.25, -0.2) is 4.79 Å². The van der Waals surface area contributed by atoms with Gasteiger partial charge in [0.15, 0.2) is 0 Å². The number of hydrogen-bond donors (Lipinski definition) is 3. The van der Waals surface area contributed by atoms with E-state index in [0.29, 0.717) is 12.3 Å². The largest absolute Gasteiger partial charge is 0.480 e. The van der Waals surface area contributed by atoms with E-state index in [0.717, 1.165) is 33.3 Å². The molecule has 2 heterocycles. The number of benzene rings is 1. The molecule has 4 N–H and O–H groups in total. The maximum atomic E-state index is 11.2. The number of carbonyl (C=O) groups is 1. The van der Waals surface area contributed by atoms with Crippen molar-refractivity contribution in [2.45, 2.75) is 22.3 Å². The van der Waals surface area contributed by atoms with Gasteiger partial charge in [-0.2, -0.15) is 0 Å². The standard InChI is InChI=1S/C13H15N3O2S2/c14-2-1-7-5-9-10(11-12(7)19-4-3-15-11)16-8(6-20-9)13(17)18/h3,5,8,16H,1-2,4,6,14H2,(H,17,18). The highest BCUT2D eigenvalue weighted by Crippen LogP contribution is 2.48. The lowest BCUT2D eigenvalue weighted by Crippen LogP contribution is -2.34. The van der Waals surface area contributed by atoms with E-state index >= 15 is 0 Å². The van der Waals surface area contributed by atoms with Crippen molar-refractivity contribution in [3.63, 3.8) is 0 Å². The van der Waals surface area contributed by atoms with Crippen LogP contribution in [0.15, 0.2) is 20.8 Å². The van der Waals surface area contributed by atoms with E-state index in [1.807, 2.05) is 6.21 Å². The summed E-state index contributed by atoms with van der Waals surface area (Å²) in [5, 5.41) is 12.3. The lowest BCUT2D eigenvalue weighted by molar-refractivity contribution is -0.137. The third kappa shape index (κ3) is 2.41. The highest BCUT2D eigenvalue weighted by Gasteiger charge is 2.29. The van der Waals surface area contributed by atoms with Crippen LogP contribution < -0.4 is 11.1 Å². The number of thioether (sulfide) groups is 2. The van der Waals surface area contributed by atoms with E-state index in [4.69, 9.17) is 5.73 Å². The predicted octanol–water partition coefficient (Wildman–Crippen LogP) is 1.97. The van der Waals surface area contributed by atoms with Gasteiger partial charge >= 0.3 is 5.97 Å². The molecule has 20 heavy (non-hydrogen) atoms. The monoisotopic (exact) mass is 309 g/mol. The van der Waals surface area contributed by atoms with Crippen molar-refractivity contribution in [2.24, 2.45) is 10.7 Å². The minimum absolute atomic E-state index is 0.528. The molecule has 0 saturated carbocycles. The summed E-state index contributed by atoms with van der Waals surface area (Å²) in [6, 6.07) is 1.57. The number of nitrogens with zero attached hydrogens (tertiary/aromatic N) is 1. The lowest BCUT2D eigenvalue weighted by atomic mass is 10.1. The number of anilines is 1. The fourth-order valence-corrected chi connectivity index (χ4v) is 4.38. The first-order valence-corrected chi connectivity index (χ1v) is 8.35. The van der Waals surface area contributed by atoms with Crippen molar-refractivity contribution in [1.29, 1.82) is 0 Å². The first-order valence-electron chi connectivity index (χ1n) is 6.38. The zero-order valence-corrected chi connectivity index (χ0v) is 12.4. The highest BCUT2D eigenvalue weighted by molar-refractivity contribution is 8.00. The molecule has 2 aliphatic heterocycles. The first kappa shape index (κ1) is 13.8. The molecule has 0 aliphatic carbocycles. The van der Waals surface area contributed by atoms with Crippen molar-refractivity contribution in [3.05, 3.63) is 11.6 Å². The molecule has 1 aromatic carbocycles. The van der Waals surface area contributed by atoms with Gasteiger partial charge in [0, 0.05) is 27.5 Å². The molecule has 0 aromatic heterocycles. The van der Waals surface area contributed by atoms with Crippen molar-refractivity contribution in [1.82, 2.24) is 0 Å². The number of carboxylic acids is 1. The van der Waals surface area contributed by atoms with Crippen molar-refractivity contribution in [2.75, 3.05) is 23.4 Å². The number of rotatable bonds is 3. The van der Waals surface area contributed by atoms with Crippen molar-refractivity contribution in [3.8, 4) is 0 Å². The molecule has 0 spiro atoms. The van der Waals surface area contributed by atoms with Gasteiger partial charge in [-0.15, -0.1) is 23.5 Å². The van der Waals surface area contributed by atoms with Crippen LogP contribution in [0.4, 0.5) is 11.4 Å². The Balaban J connectivity index is 2.08. The second-order valence-corrected chi connectivity index (χ2v) is 6.69. The van der Waals surface area contributed by atoms with Crippen LogP contribution >= 0.6 is 23.5 Å². The Labute approximate surface area is 125 Å². The van der Waals surface area contributed by atoms with Crippen LogP contribution in [0.3, 0.4) is 0 Å². The molecule has 0 bridgehead atoms. The fraction of sp³-hybridized carbons (Fsp3) is 0.385. The molecule has 0 radical (unpaired) electrons. The summed E-state index contributed by atoms with van der Waals surface area (Å²) in [6.45, 7) is 0.603. The Morgan fingerprint density at radius 2 is 2.40 bits per heavy atom. The number of aliphatic imine (C=N–C) groups is 1. The smallest absolute Gasteiger partial charge is 0.327 e. The second-order valence-electron chi connectivity index (χ2n) is 4.59. The molecule has 3 rings (SSSR count). The summed E-state index contributed by atoms with van der Waals surface area (Å²) < 4.78 is 0. The minimum Gasteiger partial charge on any atom is -0.480 e. The Morgan fingerprint density at radius 1 is 1.55 bits per heavy atom. The maximum absolute atomic E-state index is 11.2. The van der Waals surface area contributed by atoms with Gasteiger partial charge in [-0.1, -0.05) is 0 Å². The van der Waals surface area contributed by atoms with E-state index < -0.39 is 12.0 Å². The first-order chi connectivity index (χ1) is 9.70. The average molecular weight is 309 g/mol. The summed E-state index contributed by atoms with van der Waals surface area (Å²) in [5.41, 5.74) is 8.63. The minimum atomic E-state index is -0.824. The molecule has 106 valence electrons. The number of nitrogens with one attached hydrogen (secondary N) is 1. The average Bonchev–Trinajstić information content (AvgIpc) is 2.47. The number of aliphatic carboxylic acids is 1. The molecule has 1 atom stereocenters. The molecule has 1 unspecified atom stereocenters. The van der Waals surface area contributed by atoms with Gasteiger partial charge in [-0.05, 0) is 24.6 Å². The molecule has 0 saturated heterocycles. The topological polar surface area (TPSA) is 87.7 Å². The Kier molecular flexibility index (Phi) is 3.91. The number of carboxylic acid groups (broad SMARTS) is 1. The number of fused-ring (bicyclic) bond motifs is 3. The van der Waals surface area contributed by atoms with Crippen molar-refractivity contribution < 1.29 is 9.90 Å². The third-order valence-corrected chi connectivity index (χ3v) is 5.45. The molecule has 0 amide bonds. The highest BCUT2D eigenvalue weighted by atomic mass is 32.2. The lowest BCUT2D eigenvalue weighted by Gasteiger charge is -2.28. The van der Waals surface area contributed by atoms with Gasteiger partial charge in [0.25, 0.3) is 0 Å².